The van der Waals surface area contributed by atoms with Gasteiger partial charge >= 0.3 is 0 Å². The molecule has 0 aliphatic carbocycles. The Hall–Kier alpha value is -0.450. The number of benzene rings is 1. The minimum absolute atomic E-state index is 0.0793. The Morgan fingerprint density at radius 2 is 1.76 bits per heavy atom. The zero-order chi connectivity index (χ0) is 33.3. The molecule has 4 rings (SSSR count). The summed E-state index contributed by atoms with van der Waals surface area (Å²) in [6, 6.07) is 10.2. The summed E-state index contributed by atoms with van der Waals surface area (Å²) in [5, 5.41) is 23.1. The van der Waals surface area contributed by atoms with Crippen LogP contribution >= 0.6 is 22.6 Å². The number of methoxy groups -OCH3 is 2. The van der Waals surface area contributed by atoms with Crippen molar-refractivity contribution in [2.24, 2.45) is 11.8 Å². The molecule has 1 aromatic rings. The molecule has 3 heterocycles. The molecule has 0 radical (unpaired) electrons. The van der Waals surface area contributed by atoms with E-state index in [9.17, 15) is 10.2 Å². The van der Waals surface area contributed by atoms with E-state index in [0.717, 1.165) is 12.8 Å². The maximum absolute atomic E-state index is 11.6. The second-order valence-corrected chi connectivity index (χ2v) is 15.4. The van der Waals surface area contributed by atoms with Crippen molar-refractivity contribution in [1.29, 1.82) is 0 Å². The van der Waals surface area contributed by atoms with Gasteiger partial charge in [0.15, 0.2) is 0 Å². The van der Waals surface area contributed by atoms with Crippen LogP contribution in [0.3, 0.4) is 0 Å². The largest absolute Gasteiger partial charge is 0.392 e. The van der Waals surface area contributed by atoms with E-state index in [4.69, 9.17) is 37.9 Å². The molecule has 10 nitrogen and oxygen atoms in total. The maximum Gasteiger partial charge on any atom is 0.146 e. The zero-order valence-electron chi connectivity index (χ0n) is 28.5. The van der Waals surface area contributed by atoms with Crippen LogP contribution in [0.1, 0.15) is 71.8 Å². The molecule has 3 saturated heterocycles. The Kier molecular flexibility index (Phi) is 15.0. The summed E-state index contributed by atoms with van der Waals surface area (Å²) in [4.78, 5) is 0. The highest BCUT2D eigenvalue weighted by molar-refractivity contribution is 14.1. The molecule has 0 spiro atoms. The van der Waals surface area contributed by atoms with Crippen LogP contribution in [0.4, 0.5) is 0 Å². The van der Waals surface area contributed by atoms with Crippen molar-refractivity contribution in [3.05, 3.63) is 35.9 Å². The molecule has 0 bridgehead atoms. The van der Waals surface area contributed by atoms with Crippen LogP contribution in [0.5, 0.6) is 0 Å². The summed E-state index contributed by atoms with van der Waals surface area (Å²) in [5.41, 5.74) is -0.695. The van der Waals surface area contributed by atoms with Gasteiger partial charge in [-0.25, -0.2) is 0 Å². The van der Waals surface area contributed by atoms with Gasteiger partial charge in [-0.15, -0.1) is 0 Å². The number of aliphatic hydroxyl groups is 2. The fourth-order valence-corrected chi connectivity index (χ4v) is 7.95. The van der Waals surface area contributed by atoms with E-state index in [1.165, 1.54) is 5.56 Å². The average molecular weight is 765 g/mol. The molecule has 46 heavy (non-hydrogen) atoms. The number of hydrogen-bond donors (Lipinski definition) is 2. The Bertz CT molecular complexity index is 1020. The molecule has 0 unspecified atom stereocenters. The lowest BCUT2D eigenvalue weighted by atomic mass is 9.86. The quantitative estimate of drug-likeness (QED) is 0.0970. The monoisotopic (exact) mass is 764 g/mol. The first-order chi connectivity index (χ1) is 22.0. The van der Waals surface area contributed by atoms with Crippen LogP contribution in [0.25, 0.3) is 0 Å². The zero-order valence-corrected chi connectivity index (χ0v) is 30.6. The van der Waals surface area contributed by atoms with Gasteiger partial charge in [-0.3, -0.25) is 0 Å². The minimum Gasteiger partial charge on any atom is -0.392 e. The van der Waals surface area contributed by atoms with Gasteiger partial charge in [-0.2, -0.15) is 0 Å². The van der Waals surface area contributed by atoms with Crippen LogP contribution in [0.2, 0.25) is 0 Å². The third-order valence-electron chi connectivity index (χ3n) is 9.97. The van der Waals surface area contributed by atoms with Gasteiger partial charge in [-0.05, 0) is 56.9 Å². The highest BCUT2D eigenvalue weighted by Crippen LogP contribution is 2.42. The molecule has 0 saturated carbocycles. The predicted molar refractivity (Wildman–Crippen MR) is 182 cm³/mol. The van der Waals surface area contributed by atoms with E-state index in [-0.39, 0.29) is 54.6 Å². The van der Waals surface area contributed by atoms with Crippen LogP contribution in [-0.4, -0.2) is 109 Å². The number of halogens is 1. The first-order valence-electron chi connectivity index (χ1n) is 16.8. The number of rotatable bonds is 17. The van der Waals surface area contributed by atoms with Crippen molar-refractivity contribution in [2.75, 3.05) is 41.0 Å². The van der Waals surface area contributed by atoms with Gasteiger partial charge in [0.05, 0.1) is 65.5 Å². The average Bonchev–Trinajstić information content (AvgIpc) is 3.38. The van der Waals surface area contributed by atoms with Crippen molar-refractivity contribution in [1.82, 2.24) is 0 Å². The standard InChI is InChI=1S/C35H57IO10/c1-23(13-15-41-19-25-10-8-7-9-11-25)33-24(2)16-29(45-33)32(36)26(37)17-30-34(3,38)14-12-27-28(44-30)18-31(43-22-40-6)35(4,46-27)20-42-21-39-5/h7-11,23-24,26-33,37-38H,12-22H2,1-6H3/t23-,24+,26-,27+,28-,29-,30+,31+,32-,33+,34-,35-/m1/s1. The summed E-state index contributed by atoms with van der Waals surface area (Å²) in [6.45, 7) is 10.1. The highest BCUT2D eigenvalue weighted by Gasteiger charge is 2.52. The van der Waals surface area contributed by atoms with Crippen LogP contribution in [0.15, 0.2) is 30.3 Å². The third kappa shape index (κ3) is 10.3. The van der Waals surface area contributed by atoms with Crippen molar-refractivity contribution in [3.63, 3.8) is 0 Å². The Morgan fingerprint density at radius 3 is 2.48 bits per heavy atom. The van der Waals surface area contributed by atoms with Gasteiger partial charge in [0.25, 0.3) is 0 Å². The maximum atomic E-state index is 11.6. The number of alkyl halides is 1. The summed E-state index contributed by atoms with van der Waals surface area (Å²) in [6.07, 6.45) is 1.57. The van der Waals surface area contributed by atoms with Crippen molar-refractivity contribution in [3.8, 4) is 0 Å². The number of ether oxygens (including phenoxy) is 8. The molecule has 3 aliphatic heterocycles. The van der Waals surface area contributed by atoms with E-state index >= 15 is 0 Å². The first kappa shape index (κ1) is 38.4. The number of fused-ring (bicyclic) bond motifs is 1. The molecular weight excluding hydrogens is 707 g/mol. The normalized spacial score (nSPS) is 36.9. The fraction of sp³-hybridized carbons (Fsp3) is 0.829. The molecule has 1 aromatic carbocycles. The summed E-state index contributed by atoms with van der Waals surface area (Å²) in [7, 11) is 3.17. The predicted octanol–water partition coefficient (Wildman–Crippen LogP) is 5.03. The Balaban J connectivity index is 1.32. The van der Waals surface area contributed by atoms with E-state index in [1.54, 1.807) is 21.1 Å². The van der Waals surface area contributed by atoms with Crippen molar-refractivity contribution < 1.29 is 48.1 Å². The van der Waals surface area contributed by atoms with Crippen molar-refractivity contribution >= 4 is 22.6 Å². The molecule has 2 N–H and O–H groups in total. The lowest BCUT2D eigenvalue weighted by molar-refractivity contribution is -0.276. The molecule has 12 atom stereocenters. The van der Waals surface area contributed by atoms with E-state index in [1.807, 2.05) is 25.1 Å². The second-order valence-electron chi connectivity index (χ2n) is 14.0. The van der Waals surface area contributed by atoms with Crippen LogP contribution in [0, 0.1) is 11.8 Å². The van der Waals surface area contributed by atoms with Crippen LogP contribution in [-0.2, 0) is 44.5 Å². The number of hydrogen-bond acceptors (Lipinski definition) is 10. The highest BCUT2D eigenvalue weighted by atomic mass is 127. The second kappa shape index (κ2) is 18.0. The lowest BCUT2D eigenvalue weighted by Gasteiger charge is -2.47. The topological polar surface area (TPSA) is 114 Å². The summed E-state index contributed by atoms with van der Waals surface area (Å²) in [5.74, 6) is 0.715. The Morgan fingerprint density at radius 1 is 1.02 bits per heavy atom. The van der Waals surface area contributed by atoms with Gasteiger partial charge < -0.3 is 48.1 Å². The molecule has 11 heteroatoms. The molecular formula is C35H57IO10. The molecule has 3 fully saturated rings. The molecule has 0 aromatic heterocycles. The van der Waals surface area contributed by atoms with Crippen molar-refractivity contribution in [2.45, 2.75) is 131 Å². The Labute approximate surface area is 289 Å². The van der Waals surface area contributed by atoms with Gasteiger partial charge in [-0.1, -0.05) is 66.8 Å². The molecule has 3 aliphatic rings. The van der Waals surface area contributed by atoms with Gasteiger partial charge in [0.1, 0.15) is 19.2 Å². The first-order valence-corrected chi connectivity index (χ1v) is 18.0. The summed E-state index contributed by atoms with van der Waals surface area (Å²) >= 11 is 2.33. The minimum atomic E-state index is -1.13. The number of aliphatic hydroxyl groups excluding tert-OH is 1. The fourth-order valence-electron chi connectivity index (χ4n) is 7.20. The molecule has 0 amide bonds. The lowest BCUT2D eigenvalue weighted by Crippen LogP contribution is -2.59. The van der Waals surface area contributed by atoms with Crippen LogP contribution < -0.4 is 0 Å². The van der Waals surface area contributed by atoms with E-state index in [0.29, 0.717) is 50.7 Å². The van der Waals surface area contributed by atoms with Gasteiger partial charge in [0.2, 0.25) is 0 Å². The van der Waals surface area contributed by atoms with E-state index < -0.39 is 23.4 Å². The summed E-state index contributed by atoms with van der Waals surface area (Å²) < 4.78 is 47.7. The smallest absolute Gasteiger partial charge is 0.146 e. The third-order valence-corrected chi connectivity index (χ3v) is 11.6. The van der Waals surface area contributed by atoms with E-state index in [2.05, 4.69) is 48.6 Å². The molecule has 264 valence electrons. The van der Waals surface area contributed by atoms with Gasteiger partial charge in [0, 0.05) is 33.7 Å². The SMILES string of the molecule is COCOC[C@@]1(C)O[C@H]2CC[C@@](C)(O)[C@H](C[C@@H](O)[C@@H](I)[C@H]3C[C@H](C)[C@H]([C@H](C)CCOCc4ccccc4)O3)O[C@@H]2C[C@@H]1OCOC.